The lowest BCUT2D eigenvalue weighted by molar-refractivity contribution is -0.140. The Balaban J connectivity index is 1.78. The summed E-state index contributed by atoms with van der Waals surface area (Å²) in [6.07, 6.45) is 4.20. The molecule has 3 rings (SSSR count). The molecule has 8 heteroatoms. The maximum atomic E-state index is 13.3. The predicted molar refractivity (Wildman–Crippen MR) is 121 cm³/mol. The van der Waals surface area contributed by atoms with Crippen LogP contribution in [0.1, 0.15) is 43.2 Å². The highest BCUT2D eigenvalue weighted by Crippen LogP contribution is 2.19. The number of allylic oxidation sites excluding steroid dienone is 1. The van der Waals surface area contributed by atoms with Gasteiger partial charge in [0.05, 0.1) is 6.54 Å². The Hall–Kier alpha value is -3.52. The van der Waals surface area contributed by atoms with E-state index in [1.807, 2.05) is 49.1 Å². The largest absolute Gasteiger partial charge is 0.358 e. The molecule has 0 aliphatic carbocycles. The third kappa shape index (κ3) is 5.79. The minimum atomic E-state index is -0.617. The van der Waals surface area contributed by atoms with E-state index in [0.29, 0.717) is 13.0 Å². The third-order valence-electron chi connectivity index (χ3n) is 5.85. The van der Waals surface area contributed by atoms with Gasteiger partial charge in [-0.05, 0) is 69.2 Å². The highest BCUT2D eigenvalue weighted by Gasteiger charge is 2.31. The normalized spacial score (nSPS) is 18.4. The zero-order valence-electron chi connectivity index (χ0n) is 18.8. The highest BCUT2D eigenvalue weighted by atomic mass is 16.2. The van der Waals surface area contributed by atoms with Gasteiger partial charge in [-0.2, -0.15) is 10.5 Å². The molecule has 8 nitrogen and oxygen atoms in total. The number of anilines is 1. The molecule has 2 aliphatic rings. The fourth-order valence-corrected chi connectivity index (χ4v) is 4.30. The van der Waals surface area contributed by atoms with Gasteiger partial charge in [-0.25, -0.2) is 0 Å². The van der Waals surface area contributed by atoms with Gasteiger partial charge in [0.1, 0.15) is 24.0 Å². The standard InChI is InChI=1S/C24H30N6O2/c1-17-11-18(2)13-20(12-17)27-23(19(14-25)15-26)28-21-7-3-4-10-30(24(21)32)16-22(31)29-8-5-6-9-29/h11-13,21,27-28H,3-10,16H2,1-2H3/t21-/m0/s1. The van der Waals surface area contributed by atoms with Crippen LogP contribution < -0.4 is 10.6 Å². The lowest BCUT2D eigenvalue weighted by atomic mass is 10.1. The number of carbonyl (C=O) groups excluding carboxylic acids is 2. The molecule has 0 aromatic heterocycles. The number of aryl methyl sites for hydroxylation is 2. The topological polar surface area (TPSA) is 112 Å². The number of benzene rings is 1. The summed E-state index contributed by atoms with van der Waals surface area (Å²) in [4.78, 5) is 29.3. The maximum Gasteiger partial charge on any atom is 0.245 e. The van der Waals surface area contributed by atoms with E-state index in [-0.39, 0.29) is 29.8 Å². The molecule has 2 heterocycles. The fourth-order valence-electron chi connectivity index (χ4n) is 4.30. The van der Waals surface area contributed by atoms with E-state index in [9.17, 15) is 20.1 Å². The van der Waals surface area contributed by atoms with Crippen LogP contribution in [-0.2, 0) is 9.59 Å². The molecule has 2 aliphatic heterocycles. The molecule has 168 valence electrons. The first kappa shape index (κ1) is 23.1. The number of amides is 2. The number of nitrogens with one attached hydrogen (secondary N) is 2. The van der Waals surface area contributed by atoms with Gasteiger partial charge < -0.3 is 20.4 Å². The average Bonchev–Trinajstić information content (AvgIpc) is 3.24. The Morgan fingerprint density at radius 3 is 2.28 bits per heavy atom. The van der Waals surface area contributed by atoms with Crippen molar-refractivity contribution in [1.82, 2.24) is 15.1 Å². The van der Waals surface area contributed by atoms with Crippen molar-refractivity contribution in [2.24, 2.45) is 0 Å². The van der Waals surface area contributed by atoms with Crippen molar-refractivity contribution in [3.05, 3.63) is 40.7 Å². The van der Waals surface area contributed by atoms with Crippen molar-refractivity contribution < 1.29 is 9.59 Å². The number of likely N-dealkylation sites (tertiary alicyclic amines) is 2. The van der Waals surface area contributed by atoms with E-state index in [0.717, 1.165) is 55.6 Å². The van der Waals surface area contributed by atoms with Crippen LogP contribution in [-0.4, -0.2) is 53.8 Å². The zero-order valence-corrected chi connectivity index (χ0v) is 18.8. The second kappa shape index (κ2) is 10.7. The summed E-state index contributed by atoms with van der Waals surface area (Å²) in [6, 6.07) is 9.06. The van der Waals surface area contributed by atoms with E-state index < -0.39 is 6.04 Å². The van der Waals surface area contributed by atoms with Crippen molar-refractivity contribution in [2.75, 3.05) is 31.5 Å². The van der Waals surface area contributed by atoms with Gasteiger partial charge >= 0.3 is 0 Å². The van der Waals surface area contributed by atoms with Crippen LogP contribution in [0.2, 0.25) is 0 Å². The molecule has 1 atom stereocenters. The van der Waals surface area contributed by atoms with Gasteiger partial charge in [0.25, 0.3) is 0 Å². The molecule has 0 bridgehead atoms. The van der Waals surface area contributed by atoms with Crippen molar-refractivity contribution in [1.29, 1.82) is 10.5 Å². The lowest BCUT2D eigenvalue weighted by Gasteiger charge is -2.27. The molecule has 1 aromatic carbocycles. The SMILES string of the molecule is Cc1cc(C)cc(NC(N[C@H]2CCCCN(CC(=O)N3CCCC3)C2=O)=C(C#N)C#N)c1. The van der Waals surface area contributed by atoms with Gasteiger partial charge in [0.15, 0.2) is 5.57 Å². The van der Waals surface area contributed by atoms with Crippen LogP contribution in [0.5, 0.6) is 0 Å². The van der Waals surface area contributed by atoms with E-state index in [1.165, 1.54) is 0 Å². The number of carbonyl (C=O) groups is 2. The summed E-state index contributed by atoms with van der Waals surface area (Å²) >= 11 is 0. The molecule has 2 amide bonds. The second-order valence-electron chi connectivity index (χ2n) is 8.52. The zero-order chi connectivity index (χ0) is 23.1. The lowest BCUT2D eigenvalue weighted by Crippen LogP contribution is -2.49. The highest BCUT2D eigenvalue weighted by molar-refractivity contribution is 5.88. The Labute approximate surface area is 189 Å². The minimum absolute atomic E-state index is 0.0182. The number of hydrogen-bond donors (Lipinski definition) is 2. The van der Waals surface area contributed by atoms with E-state index in [2.05, 4.69) is 10.6 Å². The molecule has 0 saturated carbocycles. The molecule has 1 aromatic rings. The summed E-state index contributed by atoms with van der Waals surface area (Å²) < 4.78 is 0. The van der Waals surface area contributed by atoms with Crippen LogP contribution in [0.4, 0.5) is 5.69 Å². The number of nitrogens with zero attached hydrogens (tertiary/aromatic N) is 4. The Morgan fingerprint density at radius 1 is 1.03 bits per heavy atom. The summed E-state index contributed by atoms with van der Waals surface area (Å²) in [5.74, 6) is 0.0198. The van der Waals surface area contributed by atoms with Gasteiger partial charge in [-0.15, -0.1) is 0 Å². The number of nitriles is 2. The van der Waals surface area contributed by atoms with Crippen LogP contribution in [0.25, 0.3) is 0 Å². The third-order valence-corrected chi connectivity index (χ3v) is 5.85. The average molecular weight is 435 g/mol. The van der Waals surface area contributed by atoms with E-state index in [1.54, 1.807) is 4.90 Å². The minimum Gasteiger partial charge on any atom is -0.358 e. The van der Waals surface area contributed by atoms with Gasteiger partial charge in [0, 0.05) is 25.3 Å². The Kier molecular flexibility index (Phi) is 7.72. The summed E-state index contributed by atoms with van der Waals surface area (Å²) in [7, 11) is 0. The van der Waals surface area contributed by atoms with Gasteiger partial charge in [-0.1, -0.05) is 6.07 Å². The maximum absolute atomic E-state index is 13.3. The molecule has 0 unspecified atom stereocenters. The summed E-state index contributed by atoms with van der Waals surface area (Å²) in [6.45, 7) is 6.04. The molecule has 2 fully saturated rings. The van der Waals surface area contributed by atoms with Crippen LogP contribution in [0.15, 0.2) is 29.6 Å². The van der Waals surface area contributed by atoms with Gasteiger partial charge in [-0.3, -0.25) is 9.59 Å². The predicted octanol–water partition coefficient (Wildman–Crippen LogP) is 2.57. The molecule has 0 spiro atoms. The van der Waals surface area contributed by atoms with Crippen LogP contribution in [0, 0.1) is 36.5 Å². The van der Waals surface area contributed by atoms with E-state index >= 15 is 0 Å². The van der Waals surface area contributed by atoms with Crippen molar-refractivity contribution in [3.8, 4) is 12.1 Å². The summed E-state index contributed by atoms with van der Waals surface area (Å²) in [5.41, 5.74) is 2.69. The fraction of sp³-hybridized carbons (Fsp3) is 0.500. The Morgan fingerprint density at radius 2 is 1.66 bits per heavy atom. The summed E-state index contributed by atoms with van der Waals surface area (Å²) in [5, 5.41) is 25.2. The molecular weight excluding hydrogens is 404 g/mol. The number of rotatable bonds is 6. The first-order valence-electron chi connectivity index (χ1n) is 11.1. The molecule has 0 radical (unpaired) electrons. The van der Waals surface area contributed by atoms with Crippen LogP contribution >= 0.6 is 0 Å². The van der Waals surface area contributed by atoms with Crippen LogP contribution in [0.3, 0.4) is 0 Å². The van der Waals surface area contributed by atoms with Gasteiger partial charge in [0.2, 0.25) is 11.8 Å². The Bertz CT molecular complexity index is 945. The first-order chi connectivity index (χ1) is 15.4. The smallest absolute Gasteiger partial charge is 0.245 e. The first-order valence-corrected chi connectivity index (χ1v) is 11.1. The van der Waals surface area contributed by atoms with Crippen molar-refractivity contribution in [3.63, 3.8) is 0 Å². The molecule has 32 heavy (non-hydrogen) atoms. The van der Waals surface area contributed by atoms with Crippen molar-refractivity contribution >= 4 is 17.5 Å². The van der Waals surface area contributed by atoms with E-state index in [4.69, 9.17) is 0 Å². The molecule has 2 N–H and O–H groups in total. The van der Waals surface area contributed by atoms with Crippen molar-refractivity contribution in [2.45, 2.75) is 52.0 Å². The second-order valence-corrected chi connectivity index (χ2v) is 8.52. The number of hydrogen-bond acceptors (Lipinski definition) is 6. The monoisotopic (exact) mass is 434 g/mol. The molecular formula is C24H30N6O2. The quantitative estimate of drug-likeness (QED) is 0.666. The molecule has 2 saturated heterocycles.